The summed E-state index contributed by atoms with van der Waals surface area (Å²) in [6.07, 6.45) is 7.02. The van der Waals surface area contributed by atoms with Gasteiger partial charge in [0.2, 0.25) is 0 Å². The average Bonchev–Trinajstić information content (AvgIpc) is 3.63. The summed E-state index contributed by atoms with van der Waals surface area (Å²) in [4.78, 5) is 0. The van der Waals surface area contributed by atoms with E-state index in [4.69, 9.17) is 0 Å². The predicted octanol–water partition coefficient (Wildman–Crippen LogP) is 13.6. The smallest absolute Gasteiger partial charge is 0.501 e. The largest absolute Gasteiger partial charge is 4.00 e. The Kier molecular flexibility index (Phi) is 15.0. The first-order valence-corrected chi connectivity index (χ1v) is 16.9. The molecule has 6 rings (SSSR count). The Balaban J connectivity index is 0.000000248. The second-order valence-electron chi connectivity index (χ2n) is 15.4. The maximum absolute atomic E-state index is 4.01. The first-order chi connectivity index (χ1) is 21.1. The fourth-order valence-electron chi connectivity index (χ4n) is 5.30. The SMILES string of the molecule is C=[C-]C1CCC1.CC(C)(C)c1ccc2c(c1)[cH-]c1cc(C(C)(C)C)ccc12.[CH2-]c1cc(C(C)C)cc(C(C)C)c1.[Zr+4].c1cc[cH-]c1. The Labute approximate surface area is 301 Å². The van der Waals surface area contributed by atoms with E-state index in [0.717, 1.165) is 11.5 Å². The molecule has 0 aromatic heterocycles. The third kappa shape index (κ3) is 11.6. The predicted molar refractivity (Wildman–Crippen MR) is 202 cm³/mol. The molecule has 0 bridgehead atoms. The van der Waals surface area contributed by atoms with Crippen LogP contribution in [-0.4, -0.2) is 0 Å². The van der Waals surface area contributed by atoms with Crippen molar-refractivity contribution in [2.45, 2.75) is 111 Å². The molecular formula is C45H58Zr. The number of allylic oxidation sites excluding steroid dienone is 1. The van der Waals surface area contributed by atoms with E-state index in [1.807, 2.05) is 30.3 Å². The van der Waals surface area contributed by atoms with Crippen LogP contribution in [-0.2, 0) is 37.0 Å². The molecule has 0 N–H and O–H groups in total. The third-order valence-electron chi connectivity index (χ3n) is 8.76. The van der Waals surface area contributed by atoms with E-state index >= 15 is 0 Å². The van der Waals surface area contributed by atoms with Gasteiger partial charge < -0.3 is 6.08 Å². The second-order valence-corrected chi connectivity index (χ2v) is 15.4. The number of hydrogen-bond acceptors (Lipinski definition) is 0. The molecule has 0 unspecified atom stereocenters. The molecule has 46 heavy (non-hydrogen) atoms. The molecule has 0 amide bonds. The maximum atomic E-state index is 4.01. The molecule has 0 radical (unpaired) electrons. The Morgan fingerprint density at radius 2 is 1.15 bits per heavy atom. The van der Waals surface area contributed by atoms with Crippen molar-refractivity contribution in [3.63, 3.8) is 0 Å². The zero-order chi connectivity index (χ0) is 33.4. The Bertz CT molecular complexity index is 1490. The monoisotopic (exact) mass is 688 g/mol. The van der Waals surface area contributed by atoms with Gasteiger partial charge in [0.1, 0.15) is 0 Å². The molecule has 5 aromatic carbocycles. The fraction of sp³-hybridized carbons (Fsp3) is 0.400. The van der Waals surface area contributed by atoms with Crippen LogP contribution in [0.2, 0.25) is 0 Å². The van der Waals surface area contributed by atoms with E-state index in [1.165, 1.54) is 63.1 Å². The van der Waals surface area contributed by atoms with Crippen LogP contribution in [0.1, 0.15) is 128 Å². The van der Waals surface area contributed by atoms with Crippen molar-refractivity contribution in [3.05, 3.63) is 138 Å². The Morgan fingerprint density at radius 1 is 0.717 bits per heavy atom. The van der Waals surface area contributed by atoms with Crippen molar-refractivity contribution < 1.29 is 26.2 Å². The minimum Gasteiger partial charge on any atom is -0.501 e. The van der Waals surface area contributed by atoms with E-state index < -0.39 is 0 Å². The quantitative estimate of drug-likeness (QED) is 0.165. The first kappa shape index (κ1) is 39.6. The van der Waals surface area contributed by atoms with Gasteiger partial charge in [-0.05, 0) is 22.7 Å². The zero-order valence-electron chi connectivity index (χ0n) is 30.4. The standard InChI is InChI=1S/C21H25.C13H19.C6H9.C5H5.Zr/c1-20(2,3)16-7-9-18-14(12-16)11-15-13-17(21(4,5)6)8-10-19(15)18;1-9(2)12-6-11(5)7-13(8-12)10(3)4;1-2-6-4-3-5-6;1-2-4-5-3-1;/h7-13H,1-6H3;6-10H,5H2,1-4H3;6H,1,3-5H2;1-5H;/q4*-1;+4. The minimum absolute atomic E-state index is 0. The van der Waals surface area contributed by atoms with Gasteiger partial charge in [0.25, 0.3) is 0 Å². The molecule has 0 atom stereocenters. The van der Waals surface area contributed by atoms with Crippen molar-refractivity contribution in [1.29, 1.82) is 0 Å². The molecular weight excluding hydrogens is 632 g/mol. The molecule has 1 fully saturated rings. The summed E-state index contributed by atoms with van der Waals surface area (Å²) in [6.45, 7) is 30.1. The normalized spacial score (nSPS) is 13.0. The molecule has 0 heterocycles. The van der Waals surface area contributed by atoms with Crippen molar-refractivity contribution in [2.24, 2.45) is 5.92 Å². The van der Waals surface area contributed by atoms with Crippen molar-refractivity contribution in [3.8, 4) is 0 Å². The maximum Gasteiger partial charge on any atom is 4.00 e. The molecule has 0 nitrogen and oxygen atoms in total. The molecule has 0 aliphatic heterocycles. The van der Waals surface area contributed by atoms with Crippen LogP contribution in [0.5, 0.6) is 0 Å². The topological polar surface area (TPSA) is 0 Å². The van der Waals surface area contributed by atoms with Gasteiger partial charge in [-0.3, -0.25) is 6.58 Å². The summed E-state index contributed by atoms with van der Waals surface area (Å²) in [6, 6.07) is 32.8. The molecule has 5 aromatic rings. The van der Waals surface area contributed by atoms with E-state index in [9.17, 15) is 0 Å². The van der Waals surface area contributed by atoms with E-state index in [0.29, 0.717) is 11.8 Å². The van der Waals surface area contributed by atoms with E-state index in [1.54, 1.807) is 0 Å². The molecule has 1 aliphatic rings. The third-order valence-corrected chi connectivity index (χ3v) is 8.76. The van der Waals surface area contributed by atoms with Crippen LogP contribution in [0.4, 0.5) is 0 Å². The van der Waals surface area contributed by atoms with Crippen LogP contribution in [0.3, 0.4) is 0 Å². The number of benzene rings is 3. The summed E-state index contributed by atoms with van der Waals surface area (Å²) in [5, 5.41) is 5.48. The van der Waals surface area contributed by atoms with Gasteiger partial charge in [-0.1, -0.05) is 130 Å². The van der Waals surface area contributed by atoms with Crippen molar-refractivity contribution >= 4 is 21.5 Å². The minimum atomic E-state index is 0. The van der Waals surface area contributed by atoms with Gasteiger partial charge >= 0.3 is 26.2 Å². The Morgan fingerprint density at radius 3 is 1.41 bits per heavy atom. The van der Waals surface area contributed by atoms with Crippen LogP contribution in [0.25, 0.3) is 21.5 Å². The van der Waals surface area contributed by atoms with Crippen LogP contribution < -0.4 is 0 Å². The summed E-state index contributed by atoms with van der Waals surface area (Å²) < 4.78 is 0. The van der Waals surface area contributed by atoms with Gasteiger partial charge in [0.05, 0.1) is 0 Å². The zero-order valence-corrected chi connectivity index (χ0v) is 32.9. The van der Waals surface area contributed by atoms with Gasteiger partial charge in [0, 0.05) is 0 Å². The van der Waals surface area contributed by atoms with Gasteiger partial charge in [-0.15, -0.1) is 50.9 Å². The molecule has 0 saturated heterocycles. The van der Waals surface area contributed by atoms with Gasteiger partial charge in [-0.2, -0.15) is 48.7 Å². The van der Waals surface area contributed by atoms with Crippen LogP contribution in [0, 0.1) is 18.9 Å². The van der Waals surface area contributed by atoms with E-state index in [-0.39, 0.29) is 37.0 Å². The molecule has 1 saturated carbocycles. The summed E-state index contributed by atoms with van der Waals surface area (Å²) in [7, 11) is 0. The van der Waals surface area contributed by atoms with Gasteiger partial charge in [-0.25, -0.2) is 12.1 Å². The Hall–Kier alpha value is -2.63. The molecule has 0 spiro atoms. The number of fused-ring (bicyclic) bond motifs is 3. The number of rotatable bonds is 3. The molecule has 242 valence electrons. The summed E-state index contributed by atoms with van der Waals surface area (Å²) in [5.74, 6) is 1.95. The van der Waals surface area contributed by atoms with E-state index in [2.05, 4.69) is 149 Å². The van der Waals surface area contributed by atoms with Crippen LogP contribution >= 0.6 is 0 Å². The number of hydrogen-bond donors (Lipinski definition) is 0. The average molecular weight is 690 g/mol. The fourth-order valence-corrected chi connectivity index (χ4v) is 5.30. The van der Waals surface area contributed by atoms with Gasteiger partial charge in [0.15, 0.2) is 0 Å². The molecule has 1 aliphatic carbocycles. The van der Waals surface area contributed by atoms with Crippen molar-refractivity contribution in [1.82, 2.24) is 0 Å². The second kappa shape index (κ2) is 17.5. The summed E-state index contributed by atoms with van der Waals surface area (Å²) in [5.41, 5.74) is 7.15. The summed E-state index contributed by atoms with van der Waals surface area (Å²) >= 11 is 0. The van der Waals surface area contributed by atoms with Crippen molar-refractivity contribution in [2.75, 3.05) is 0 Å². The van der Waals surface area contributed by atoms with Crippen LogP contribution in [0.15, 0.2) is 97.6 Å². The first-order valence-electron chi connectivity index (χ1n) is 16.9. The molecule has 1 heteroatoms.